The summed E-state index contributed by atoms with van der Waals surface area (Å²) in [5, 5.41) is 14.9. The molecule has 0 saturated carbocycles. The quantitative estimate of drug-likeness (QED) is 0.130. The molecule has 1 saturated heterocycles. The van der Waals surface area contributed by atoms with Crippen LogP contribution in [0, 0.1) is 13.7 Å². The van der Waals surface area contributed by atoms with Gasteiger partial charge in [0.1, 0.15) is 18.1 Å². The second kappa shape index (κ2) is 13.0. The summed E-state index contributed by atoms with van der Waals surface area (Å²) < 4.78 is 12.7. The number of nitro benzene ring substituents is 1. The number of nitrogens with one attached hydrogen (secondary N) is 1. The van der Waals surface area contributed by atoms with Gasteiger partial charge in [0.15, 0.2) is 6.61 Å². The largest absolute Gasteiger partial charge is 0.488 e. The van der Waals surface area contributed by atoms with Crippen molar-refractivity contribution in [3.8, 4) is 11.5 Å². The minimum atomic E-state index is -0.432. The van der Waals surface area contributed by atoms with Crippen LogP contribution in [-0.2, 0) is 11.4 Å². The van der Waals surface area contributed by atoms with Crippen molar-refractivity contribution in [2.45, 2.75) is 11.2 Å². The topological polar surface area (TPSA) is 103 Å². The number of amides is 1. The average Bonchev–Trinajstić information content (AvgIpc) is 3.43. The van der Waals surface area contributed by atoms with Crippen LogP contribution in [0.4, 0.5) is 5.69 Å². The van der Waals surface area contributed by atoms with Gasteiger partial charge in [0.05, 0.1) is 19.3 Å². The van der Waals surface area contributed by atoms with E-state index in [4.69, 9.17) is 9.47 Å². The number of carbonyl (C=O) groups excluding carboxylic acids is 1. The maximum absolute atomic E-state index is 12.1. The zero-order valence-corrected chi connectivity index (χ0v) is 22.8. The molecule has 0 bridgehead atoms. The van der Waals surface area contributed by atoms with Crippen molar-refractivity contribution in [2.24, 2.45) is 5.10 Å². The van der Waals surface area contributed by atoms with Crippen molar-refractivity contribution in [3.63, 3.8) is 0 Å². The van der Waals surface area contributed by atoms with Crippen LogP contribution in [0.1, 0.15) is 21.3 Å². The van der Waals surface area contributed by atoms with Crippen molar-refractivity contribution < 1.29 is 19.2 Å². The molecule has 0 unspecified atom stereocenters. The molecule has 11 heteroatoms. The molecule has 36 heavy (non-hydrogen) atoms. The molecule has 3 aromatic carbocycles. The number of rotatable bonds is 10. The number of nitro groups is 1. The lowest BCUT2D eigenvalue weighted by atomic mass is 10.2. The Morgan fingerprint density at radius 2 is 1.89 bits per heavy atom. The highest BCUT2D eigenvalue weighted by Gasteiger charge is 2.18. The van der Waals surface area contributed by atoms with E-state index in [0.717, 1.165) is 9.13 Å². The van der Waals surface area contributed by atoms with Gasteiger partial charge >= 0.3 is 0 Å². The van der Waals surface area contributed by atoms with Gasteiger partial charge in [-0.3, -0.25) is 14.9 Å². The van der Waals surface area contributed by atoms with Crippen molar-refractivity contribution in [2.75, 3.05) is 18.1 Å². The molecule has 8 nitrogen and oxygen atoms in total. The van der Waals surface area contributed by atoms with E-state index in [1.807, 2.05) is 53.9 Å². The summed E-state index contributed by atoms with van der Waals surface area (Å²) in [6, 6.07) is 19.6. The smallest absolute Gasteiger partial charge is 0.277 e. The Balaban J connectivity index is 1.22. The van der Waals surface area contributed by atoms with E-state index in [-0.39, 0.29) is 24.8 Å². The molecular weight excluding hydrogens is 613 g/mol. The van der Waals surface area contributed by atoms with Crippen LogP contribution in [0.3, 0.4) is 0 Å². The van der Waals surface area contributed by atoms with Crippen LogP contribution < -0.4 is 14.9 Å². The van der Waals surface area contributed by atoms with E-state index >= 15 is 0 Å². The fourth-order valence-corrected chi connectivity index (χ4v) is 6.82. The predicted octanol–water partition coefficient (Wildman–Crippen LogP) is 5.79. The van der Waals surface area contributed by atoms with Crippen molar-refractivity contribution in [1.29, 1.82) is 0 Å². The molecule has 0 spiro atoms. The fraction of sp³-hybridized carbons (Fsp3) is 0.200. The van der Waals surface area contributed by atoms with E-state index in [0.29, 0.717) is 21.6 Å². The lowest BCUT2D eigenvalue weighted by Crippen LogP contribution is -2.24. The third-order valence-corrected chi connectivity index (χ3v) is 8.97. The minimum absolute atomic E-state index is 0.0281. The molecule has 0 radical (unpaired) electrons. The highest BCUT2D eigenvalue weighted by atomic mass is 127. The number of ether oxygens (including phenoxy) is 2. The molecule has 1 heterocycles. The van der Waals surface area contributed by atoms with Gasteiger partial charge in [0, 0.05) is 23.6 Å². The molecule has 1 N–H and O–H groups in total. The number of nitrogens with zero attached hydrogens (tertiary/aromatic N) is 2. The molecule has 1 aliphatic heterocycles. The maximum atomic E-state index is 12.1. The Kier molecular flexibility index (Phi) is 9.47. The summed E-state index contributed by atoms with van der Waals surface area (Å²) in [5.74, 6) is 3.28. The third-order valence-electron chi connectivity index (χ3n) is 5.02. The minimum Gasteiger partial charge on any atom is -0.488 e. The first-order valence-corrected chi connectivity index (χ1v) is 14.1. The van der Waals surface area contributed by atoms with Gasteiger partial charge in [-0.05, 0) is 69.6 Å². The maximum Gasteiger partial charge on any atom is 0.277 e. The van der Waals surface area contributed by atoms with Crippen LogP contribution in [-0.4, -0.2) is 35.2 Å². The van der Waals surface area contributed by atoms with Crippen LogP contribution in [0.15, 0.2) is 71.8 Å². The van der Waals surface area contributed by atoms with Gasteiger partial charge in [-0.25, -0.2) is 5.43 Å². The molecule has 1 aliphatic rings. The number of hydrazone groups is 1. The number of non-ortho nitro benzene ring substituents is 1. The van der Waals surface area contributed by atoms with Crippen LogP contribution in [0.25, 0.3) is 0 Å². The Morgan fingerprint density at radius 3 is 2.61 bits per heavy atom. The van der Waals surface area contributed by atoms with Gasteiger partial charge in [-0.1, -0.05) is 24.3 Å². The molecule has 0 atom stereocenters. The van der Waals surface area contributed by atoms with Gasteiger partial charge in [-0.15, -0.1) is 23.5 Å². The zero-order chi connectivity index (χ0) is 25.3. The third kappa shape index (κ3) is 7.61. The van der Waals surface area contributed by atoms with Gasteiger partial charge < -0.3 is 9.47 Å². The Morgan fingerprint density at radius 1 is 1.11 bits per heavy atom. The monoisotopic (exact) mass is 635 g/mol. The van der Waals surface area contributed by atoms with E-state index in [1.54, 1.807) is 24.3 Å². The van der Waals surface area contributed by atoms with E-state index < -0.39 is 4.92 Å². The number of hydrogen-bond donors (Lipinski definition) is 1. The zero-order valence-electron chi connectivity index (χ0n) is 19.0. The summed E-state index contributed by atoms with van der Waals surface area (Å²) in [5.41, 5.74) is 5.24. The first-order valence-electron chi connectivity index (χ1n) is 10.9. The second-order valence-corrected chi connectivity index (χ2v) is 11.5. The fourth-order valence-electron chi connectivity index (χ4n) is 3.27. The number of carbonyl (C=O) groups is 1. The summed E-state index contributed by atoms with van der Waals surface area (Å²) in [4.78, 5) is 22.6. The second-order valence-electron chi connectivity index (χ2n) is 7.63. The van der Waals surface area contributed by atoms with Crippen LogP contribution >= 0.6 is 46.1 Å². The molecule has 0 aliphatic carbocycles. The van der Waals surface area contributed by atoms with E-state index in [1.165, 1.54) is 35.4 Å². The molecule has 0 aromatic heterocycles. The first-order chi connectivity index (χ1) is 17.5. The number of thioether (sulfide) groups is 2. The highest BCUT2D eigenvalue weighted by molar-refractivity contribution is 14.1. The predicted molar refractivity (Wildman–Crippen MR) is 152 cm³/mol. The van der Waals surface area contributed by atoms with Crippen molar-refractivity contribution >= 4 is 63.9 Å². The average molecular weight is 636 g/mol. The van der Waals surface area contributed by atoms with E-state index in [9.17, 15) is 14.9 Å². The summed E-state index contributed by atoms with van der Waals surface area (Å²) in [6.45, 7) is 0.0774. The highest BCUT2D eigenvalue weighted by Crippen LogP contribution is 2.45. The molecule has 4 rings (SSSR count). The normalized spacial score (nSPS) is 13.6. The van der Waals surface area contributed by atoms with Gasteiger partial charge in [0.2, 0.25) is 0 Å². The van der Waals surface area contributed by atoms with Crippen LogP contribution in [0.2, 0.25) is 0 Å². The number of halogens is 1. The lowest BCUT2D eigenvalue weighted by molar-refractivity contribution is -0.384. The van der Waals surface area contributed by atoms with Crippen molar-refractivity contribution in [3.05, 3.63) is 97.1 Å². The molecular formula is C25H22IN3O5S2. The van der Waals surface area contributed by atoms with Gasteiger partial charge in [0.25, 0.3) is 11.6 Å². The molecule has 186 valence electrons. The number of hydrogen-bond acceptors (Lipinski definition) is 8. The lowest BCUT2D eigenvalue weighted by Gasteiger charge is -2.10. The Hall–Kier alpha value is -2.77. The molecule has 1 fully saturated rings. The first kappa shape index (κ1) is 26.3. The Bertz CT molecular complexity index is 1250. The Labute approximate surface area is 230 Å². The van der Waals surface area contributed by atoms with E-state index in [2.05, 4.69) is 33.1 Å². The summed E-state index contributed by atoms with van der Waals surface area (Å²) in [7, 11) is 0. The van der Waals surface area contributed by atoms with Crippen molar-refractivity contribution in [1.82, 2.24) is 5.43 Å². The van der Waals surface area contributed by atoms with Gasteiger partial charge in [-0.2, -0.15) is 5.10 Å². The molecule has 1 amide bonds. The van der Waals surface area contributed by atoms with Crippen LogP contribution in [0.5, 0.6) is 11.5 Å². The summed E-state index contributed by atoms with van der Waals surface area (Å²) >= 11 is 6.03. The number of benzene rings is 3. The SMILES string of the molecule is O=C(COc1ccc(C2SCCS2)cc1)N/N=C\c1ccc(OCc2cccc([N+](=O)[O-])c2)c(I)c1. The summed E-state index contributed by atoms with van der Waals surface area (Å²) in [6.07, 6.45) is 1.54. The standard InChI is InChI=1S/C25H22IN3O5S2/c26-22-13-17(4-9-23(22)34-15-18-2-1-3-20(12-18)29(31)32)14-27-28-24(30)16-33-21-7-5-19(6-8-21)25-35-10-11-36-25/h1-9,12-14,25H,10-11,15-16H2,(H,28,30)/b27-14-. The molecule has 3 aromatic rings.